The van der Waals surface area contributed by atoms with Crippen LogP contribution in [0.2, 0.25) is 0 Å². The van der Waals surface area contributed by atoms with E-state index in [1.54, 1.807) is 6.07 Å². The van der Waals surface area contributed by atoms with Gasteiger partial charge in [-0.3, -0.25) is 5.32 Å². The van der Waals surface area contributed by atoms with Gasteiger partial charge in [-0.1, -0.05) is 20.8 Å². The molecular formula is C20H19F3N4O. The number of urea groups is 1. The van der Waals surface area contributed by atoms with Crippen molar-refractivity contribution < 1.29 is 18.0 Å². The van der Waals surface area contributed by atoms with Gasteiger partial charge in [0.15, 0.2) is 0 Å². The quantitative estimate of drug-likeness (QED) is 0.645. The predicted octanol–water partition coefficient (Wildman–Crippen LogP) is 5.23. The third kappa shape index (κ3) is 4.51. The van der Waals surface area contributed by atoms with Crippen molar-refractivity contribution in [2.75, 3.05) is 10.6 Å². The fourth-order valence-electron chi connectivity index (χ4n) is 2.52. The maximum atomic E-state index is 13.3. The molecule has 2 amide bonds. The summed E-state index contributed by atoms with van der Waals surface area (Å²) in [6.07, 6.45) is 0. The van der Waals surface area contributed by atoms with Crippen LogP contribution in [0.1, 0.15) is 26.5 Å². The molecule has 0 bridgehead atoms. The number of carbonyl (C=O) groups excluding carboxylic acids is 1. The molecule has 0 saturated carbocycles. The van der Waals surface area contributed by atoms with Crippen molar-refractivity contribution in [3.63, 3.8) is 0 Å². The summed E-state index contributed by atoms with van der Waals surface area (Å²) in [7, 11) is 0. The summed E-state index contributed by atoms with van der Waals surface area (Å²) in [4.78, 5) is 12.3. The van der Waals surface area contributed by atoms with Gasteiger partial charge in [-0.2, -0.15) is 5.10 Å². The molecule has 0 atom stereocenters. The third-order valence-electron chi connectivity index (χ3n) is 3.91. The molecule has 0 radical (unpaired) electrons. The highest BCUT2D eigenvalue weighted by atomic mass is 19.1. The number of rotatable bonds is 3. The number of carbonyl (C=O) groups is 1. The van der Waals surface area contributed by atoms with E-state index in [1.807, 2.05) is 20.8 Å². The van der Waals surface area contributed by atoms with Gasteiger partial charge < -0.3 is 5.32 Å². The molecule has 0 unspecified atom stereocenters. The van der Waals surface area contributed by atoms with E-state index in [2.05, 4.69) is 15.7 Å². The molecule has 2 aromatic carbocycles. The Bertz CT molecular complexity index is 987. The highest BCUT2D eigenvalue weighted by molar-refractivity contribution is 5.99. The number of hydrogen-bond donors (Lipinski definition) is 2. The lowest BCUT2D eigenvalue weighted by molar-refractivity contribution is 0.262. The zero-order valence-corrected chi connectivity index (χ0v) is 15.6. The number of nitrogens with one attached hydrogen (secondary N) is 2. The minimum atomic E-state index is -0.804. The average Bonchev–Trinajstić information content (AvgIpc) is 2.98. The Morgan fingerprint density at radius 3 is 2.07 bits per heavy atom. The lowest BCUT2D eigenvalue weighted by Crippen LogP contribution is -2.21. The molecule has 3 rings (SSSR count). The number of nitrogens with zero attached hydrogens (tertiary/aromatic N) is 2. The van der Waals surface area contributed by atoms with Crippen LogP contribution in [0.3, 0.4) is 0 Å². The van der Waals surface area contributed by atoms with Crippen LogP contribution in [0, 0.1) is 17.5 Å². The van der Waals surface area contributed by atoms with Gasteiger partial charge in [0.2, 0.25) is 0 Å². The molecule has 3 aromatic rings. The molecule has 8 heteroatoms. The Labute approximate surface area is 160 Å². The summed E-state index contributed by atoms with van der Waals surface area (Å²) in [6.45, 7) is 5.89. The SMILES string of the molecule is CC(C)(C)c1cc(NC(=O)Nc2cc(F)cc(F)c2)n(-c2ccc(F)cc2)n1. The first-order valence-electron chi connectivity index (χ1n) is 8.52. The highest BCUT2D eigenvalue weighted by Gasteiger charge is 2.21. The number of benzene rings is 2. The van der Waals surface area contributed by atoms with Crippen LogP contribution in [0.15, 0.2) is 48.5 Å². The van der Waals surface area contributed by atoms with E-state index in [4.69, 9.17) is 0 Å². The second-order valence-corrected chi connectivity index (χ2v) is 7.29. The molecule has 0 spiro atoms. The number of hydrogen-bond acceptors (Lipinski definition) is 2. The van der Waals surface area contributed by atoms with Crippen LogP contribution in [0.5, 0.6) is 0 Å². The Balaban J connectivity index is 1.90. The standard InChI is InChI=1S/C20H19F3N4O/c1-20(2,3)17-11-18(27(26-17)16-6-4-12(21)5-7-16)25-19(28)24-15-9-13(22)8-14(23)10-15/h4-11H,1-3H3,(H2,24,25,28). The number of aromatic nitrogens is 2. The van der Waals surface area contributed by atoms with E-state index in [1.165, 1.54) is 28.9 Å². The smallest absolute Gasteiger partial charge is 0.307 e. The summed E-state index contributed by atoms with van der Waals surface area (Å²) in [5.74, 6) is -1.68. The van der Waals surface area contributed by atoms with Crippen LogP contribution in [0.25, 0.3) is 5.69 Å². The lowest BCUT2D eigenvalue weighted by atomic mass is 9.92. The largest absolute Gasteiger partial charge is 0.324 e. The van der Waals surface area contributed by atoms with Crippen molar-refractivity contribution in [2.24, 2.45) is 0 Å². The van der Waals surface area contributed by atoms with Crippen molar-refractivity contribution in [1.82, 2.24) is 9.78 Å². The monoisotopic (exact) mass is 388 g/mol. The summed E-state index contributed by atoms with van der Waals surface area (Å²) in [5.41, 5.74) is 0.913. The van der Waals surface area contributed by atoms with Crippen LogP contribution in [-0.4, -0.2) is 15.8 Å². The maximum absolute atomic E-state index is 13.3. The Hall–Kier alpha value is -3.29. The van der Waals surface area contributed by atoms with Crippen molar-refractivity contribution >= 4 is 17.5 Å². The van der Waals surface area contributed by atoms with E-state index in [0.717, 1.165) is 12.1 Å². The first-order valence-corrected chi connectivity index (χ1v) is 8.52. The van der Waals surface area contributed by atoms with Crippen molar-refractivity contribution in [2.45, 2.75) is 26.2 Å². The second-order valence-electron chi connectivity index (χ2n) is 7.29. The van der Waals surface area contributed by atoms with Crippen LogP contribution < -0.4 is 10.6 Å². The molecule has 0 aliphatic rings. The highest BCUT2D eigenvalue weighted by Crippen LogP contribution is 2.26. The molecular weight excluding hydrogens is 369 g/mol. The van der Waals surface area contributed by atoms with E-state index >= 15 is 0 Å². The van der Waals surface area contributed by atoms with Gasteiger partial charge in [-0.05, 0) is 36.4 Å². The van der Waals surface area contributed by atoms with E-state index in [-0.39, 0.29) is 11.1 Å². The van der Waals surface area contributed by atoms with Crippen molar-refractivity contribution in [1.29, 1.82) is 0 Å². The van der Waals surface area contributed by atoms with Gasteiger partial charge in [-0.25, -0.2) is 22.6 Å². The van der Waals surface area contributed by atoms with E-state index in [9.17, 15) is 18.0 Å². The Kier molecular flexibility index (Phi) is 5.13. The maximum Gasteiger partial charge on any atom is 0.324 e. The van der Waals surface area contributed by atoms with Crippen molar-refractivity contribution in [3.05, 3.63) is 71.7 Å². The molecule has 146 valence electrons. The number of halogens is 3. The van der Waals surface area contributed by atoms with Gasteiger partial charge >= 0.3 is 6.03 Å². The predicted molar refractivity (Wildman–Crippen MR) is 101 cm³/mol. The Morgan fingerprint density at radius 1 is 0.893 bits per heavy atom. The number of amides is 2. The Morgan fingerprint density at radius 2 is 1.50 bits per heavy atom. The third-order valence-corrected chi connectivity index (χ3v) is 3.91. The summed E-state index contributed by atoms with van der Waals surface area (Å²) < 4.78 is 41.3. The normalized spacial score (nSPS) is 11.4. The van der Waals surface area contributed by atoms with Gasteiger partial charge in [0, 0.05) is 23.2 Å². The number of anilines is 2. The fraction of sp³-hybridized carbons (Fsp3) is 0.200. The molecule has 2 N–H and O–H groups in total. The summed E-state index contributed by atoms with van der Waals surface area (Å²) in [5, 5.41) is 9.49. The van der Waals surface area contributed by atoms with Crippen LogP contribution in [-0.2, 0) is 5.41 Å². The first kappa shape index (κ1) is 19.5. The van der Waals surface area contributed by atoms with Crippen LogP contribution >= 0.6 is 0 Å². The molecule has 1 aromatic heterocycles. The van der Waals surface area contributed by atoms with E-state index < -0.39 is 23.5 Å². The molecule has 0 aliphatic heterocycles. The van der Waals surface area contributed by atoms with Gasteiger partial charge in [-0.15, -0.1) is 0 Å². The second kappa shape index (κ2) is 7.38. The molecule has 28 heavy (non-hydrogen) atoms. The first-order chi connectivity index (χ1) is 13.1. The molecule has 0 fully saturated rings. The minimum Gasteiger partial charge on any atom is -0.307 e. The summed E-state index contributed by atoms with van der Waals surface area (Å²) in [6, 6.07) is 9.33. The van der Waals surface area contributed by atoms with Crippen molar-refractivity contribution in [3.8, 4) is 5.69 Å². The molecule has 5 nitrogen and oxygen atoms in total. The van der Waals surface area contributed by atoms with E-state index in [0.29, 0.717) is 23.3 Å². The van der Waals surface area contributed by atoms with Gasteiger partial charge in [0.25, 0.3) is 0 Å². The molecule has 1 heterocycles. The zero-order chi connectivity index (χ0) is 20.5. The fourth-order valence-corrected chi connectivity index (χ4v) is 2.52. The molecule has 0 saturated heterocycles. The molecule has 0 aliphatic carbocycles. The average molecular weight is 388 g/mol. The van der Waals surface area contributed by atoms with Gasteiger partial charge in [0.1, 0.15) is 23.3 Å². The zero-order valence-electron chi connectivity index (χ0n) is 15.6. The topological polar surface area (TPSA) is 59.0 Å². The summed E-state index contributed by atoms with van der Waals surface area (Å²) >= 11 is 0. The van der Waals surface area contributed by atoms with Gasteiger partial charge in [0.05, 0.1) is 11.4 Å². The minimum absolute atomic E-state index is 0.0288. The van der Waals surface area contributed by atoms with Crippen LogP contribution in [0.4, 0.5) is 29.5 Å². The lowest BCUT2D eigenvalue weighted by Gasteiger charge is -2.14.